The second-order valence-electron chi connectivity index (χ2n) is 3.00. The van der Waals surface area contributed by atoms with Crippen LogP contribution in [0.3, 0.4) is 0 Å². The molecule has 0 spiro atoms. The number of rotatable bonds is 5. The van der Waals surface area contributed by atoms with Gasteiger partial charge in [0.05, 0.1) is 16.7 Å². The molecule has 0 saturated heterocycles. The smallest absolute Gasteiger partial charge is 0.313 e. The molecule has 9 heteroatoms. The summed E-state index contributed by atoms with van der Waals surface area (Å²) < 4.78 is 0. The molecular formula is C8H10N2O6S. The Balaban J connectivity index is 3.00. The third kappa shape index (κ3) is 3.94. The van der Waals surface area contributed by atoms with Crippen LogP contribution in [0.2, 0.25) is 0 Å². The molecular weight excluding hydrogens is 252 g/mol. The van der Waals surface area contributed by atoms with Crippen LogP contribution in [0.25, 0.3) is 0 Å². The second kappa shape index (κ2) is 5.93. The Kier molecular flexibility index (Phi) is 4.84. The number of hydrogen-bond acceptors (Lipinski definition) is 6. The fourth-order valence-electron chi connectivity index (χ4n) is 1.10. The van der Waals surface area contributed by atoms with Crippen LogP contribution >= 0.6 is 11.8 Å². The Hall–Kier alpha value is -1.20. The number of carboxylic acid groups (broad SMARTS) is 1. The van der Waals surface area contributed by atoms with E-state index in [-0.39, 0.29) is 22.0 Å². The first-order valence-electron chi connectivity index (χ1n) is 4.37. The Morgan fingerprint density at radius 1 is 1.29 bits per heavy atom. The summed E-state index contributed by atoms with van der Waals surface area (Å²) in [5.74, 6) is -1.36. The molecule has 0 bridgehead atoms. The molecule has 1 aromatic carbocycles. The lowest BCUT2D eigenvalue weighted by molar-refractivity contribution is -0.997. The molecule has 0 aliphatic carbocycles. The van der Waals surface area contributed by atoms with E-state index < -0.39 is 16.4 Å². The van der Waals surface area contributed by atoms with E-state index in [0.29, 0.717) is 0 Å². The SMILES string of the molecule is O=C(O)CSc1ccc([NH+]([O-])O)cc1[NH+]([O-])O. The van der Waals surface area contributed by atoms with Crippen LogP contribution in [0, 0.1) is 10.4 Å². The van der Waals surface area contributed by atoms with E-state index in [1.54, 1.807) is 0 Å². The molecule has 1 aromatic rings. The van der Waals surface area contributed by atoms with Crippen molar-refractivity contribution in [2.24, 2.45) is 0 Å². The predicted octanol–water partition coefficient (Wildman–Crippen LogP) is -1.33. The molecule has 0 radical (unpaired) electrons. The average Bonchev–Trinajstić information content (AvgIpc) is 2.25. The molecule has 0 heterocycles. The van der Waals surface area contributed by atoms with Gasteiger partial charge in [0.1, 0.15) is 0 Å². The zero-order valence-electron chi connectivity index (χ0n) is 8.41. The van der Waals surface area contributed by atoms with Crippen LogP contribution in [-0.4, -0.2) is 27.2 Å². The Bertz CT molecular complexity index is 411. The molecule has 2 unspecified atom stereocenters. The summed E-state index contributed by atoms with van der Waals surface area (Å²) >= 11 is 0.831. The lowest BCUT2D eigenvalue weighted by Gasteiger charge is -2.17. The number of carboxylic acids is 1. The molecule has 0 aromatic heterocycles. The van der Waals surface area contributed by atoms with Crippen LogP contribution in [0.1, 0.15) is 0 Å². The Morgan fingerprint density at radius 3 is 2.41 bits per heavy atom. The second-order valence-corrected chi connectivity index (χ2v) is 4.02. The topological polar surface area (TPSA) is 133 Å². The highest BCUT2D eigenvalue weighted by molar-refractivity contribution is 8.00. The highest BCUT2D eigenvalue weighted by Crippen LogP contribution is 2.26. The van der Waals surface area contributed by atoms with Crippen molar-refractivity contribution in [3.05, 3.63) is 28.6 Å². The van der Waals surface area contributed by atoms with Gasteiger partial charge in [-0.1, -0.05) is 0 Å². The van der Waals surface area contributed by atoms with Gasteiger partial charge in [-0.15, -0.1) is 11.8 Å². The van der Waals surface area contributed by atoms with E-state index in [1.165, 1.54) is 12.1 Å². The van der Waals surface area contributed by atoms with Crippen LogP contribution in [0.15, 0.2) is 23.1 Å². The van der Waals surface area contributed by atoms with Crippen molar-refractivity contribution in [3.63, 3.8) is 0 Å². The standard InChI is InChI=1S/C8H10N2O6S/c11-8(12)4-17-7-2-1-5(9(13)14)3-6(7)10(15)16/h1-3,9-10,13,15H,4H2,(H,11,12). The van der Waals surface area contributed by atoms with Crippen LogP contribution in [-0.2, 0) is 4.79 Å². The van der Waals surface area contributed by atoms with Gasteiger partial charge in [0.2, 0.25) is 0 Å². The number of aliphatic carboxylic acids is 1. The first-order valence-corrected chi connectivity index (χ1v) is 5.35. The third-order valence-corrected chi connectivity index (χ3v) is 2.87. The lowest BCUT2D eigenvalue weighted by Crippen LogP contribution is -3.01. The maximum Gasteiger partial charge on any atom is 0.313 e. The van der Waals surface area contributed by atoms with E-state index in [9.17, 15) is 15.2 Å². The Morgan fingerprint density at radius 2 is 1.94 bits per heavy atom. The lowest BCUT2D eigenvalue weighted by atomic mass is 10.3. The van der Waals surface area contributed by atoms with Crippen molar-refractivity contribution in [1.29, 1.82) is 0 Å². The van der Waals surface area contributed by atoms with Gasteiger partial charge in [-0.25, -0.2) is 10.4 Å². The van der Waals surface area contributed by atoms with Gasteiger partial charge < -0.3 is 15.5 Å². The summed E-state index contributed by atoms with van der Waals surface area (Å²) in [7, 11) is 0. The molecule has 1 rings (SSSR count). The molecule has 17 heavy (non-hydrogen) atoms. The zero-order valence-corrected chi connectivity index (χ0v) is 9.23. The van der Waals surface area contributed by atoms with Gasteiger partial charge in [0.25, 0.3) is 0 Å². The van der Waals surface area contributed by atoms with Crippen molar-refractivity contribution in [2.75, 3.05) is 5.75 Å². The van der Waals surface area contributed by atoms with Gasteiger partial charge in [-0.2, -0.15) is 10.5 Å². The summed E-state index contributed by atoms with van der Waals surface area (Å²) in [6.45, 7) is 0. The fraction of sp³-hybridized carbons (Fsp3) is 0.125. The maximum absolute atomic E-state index is 10.9. The quantitative estimate of drug-likeness (QED) is 0.328. The predicted molar refractivity (Wildman–Crippen MR) is 56.4 cm³/mol. The highest BCUT2D eigenvalue weighted by atomic mass is 32.2. The fourth-order valence-corrected chi connectivity index (χ4v) is 1.84. The van der Waals surface area contributed by atoms with Crippen molar-refractivity contribution < 1.29 is 30.8 Å². The highest BCUT2D eigenvalue weighted by Gasteiger charge is 2.14. The molecule has 5 N–H and O–H groups in total. The average molecular weight is 262 g/mol. The van der Waals surface area contributed by atoms with E-state index in [0.717, 1.165) is 17.8 Å². The minimum absolute atomic E-state index is 0.151. The number of thioether (sulfide) groups is 1. The number of carbonyl (C=O) groups is 1. The van der Waals surface area contributed by atoms with Crippen LogP contribution < -0.4 is 10.5 Å². The monoisotopic (exact) mass is 262 g/mol. The maximum atomic E-state index is 10.9. The molecule has 0 aliphatic heterocycles. The molecule has 0 fully saturated rings. The van der Waals surface area contributed by atoms with Gasteiger partial charge in [0.15, 0.2) is 11.4 Å². The summed E-state index contributed by atoms with van der Waals surface area (Å²) in [6.07, 6.45) is 0. The molecule has 8 nitrogen and oxygen atoms in total. The first kappa shape index (κ1) is 13.9. The normalized spacial score (nSPS) is 14.4. The number of nitrogens with one attached hydrogen (secondary N) is 2. The van der Waals surface area contributed by atoms with E-state index >= 15 is 0 Å². The number of hydrogen-bond donors (Lipinski definition) is 5. The minimum Gasteiger partial charge on any atom is -0.595 e. The molecule has 0 saturated carbocycles. The van der Waals surface area contributed by atoms with Gasteiger partial charge in [0, 0.05) is 6.07 Å². The Labute approximate surface area is 99.8 Å². The molecule has 2 atom stereocenters. The van der Waals surface area contributed by atoms with Gasteiger partial charge in [-0.05, 0) is 6.07 Å². The van der Waals surface area contributed by atoms with E-state index in [1.807, 2.05) is 0 Å². The van der Waals surface area contributed by atoms with Gasteiger partial charge >= 0.3 is 5.97 Å². The summed E-state index contributed by atoms with van der Waals surface area (Å²) in [4.78, 5) is 10.6. The third-order valence-electron chi connectivity index (χ3n) is 1.81. The molecule has 94 valence electrons. The van der Waals surface area contributed by atoms with Crippen molar-refractivity contribution in [2.45, 2.75) is 4.90 Å². The number of benzene rings is 1. The van der Waals surface area contributed by atoms with Crippen LogP contribution in [0.5, 0.6) is 0 Å². The first-order chi connectivity index (χ1) is 7.91. The summed E-state index contributed by atoms with van der Waals surface area (Å²) in [5, 5.41) is 45.1. The minimum atomic E-state index is -1.29. The van der Waals surface area contributed by atoms with Crippen LogP contribution in [0.4, 0.5) is 11.4 Å². The molecule has 0 amide bonds. The zero-order chi connectivity index (χ0) is 13.0. The summed E-state index contributed by atoms with van der Waals surface area (Å²) in [6, 6.07) is 3.54. The van der Waals surface area contributed by atoms with Crippen molar-refractivity contribution >= 4 is 29.1 Å². The summed E-state index contributed by atoms with van der Waals surface area (Å²) in [5.41, 5.74) is -0.363. The largest absolute Gasteiger partial charge is 0.595 e. The van der Waals surface area contributed by atoms with Crippen molar-refractivity contribution in [3.8, 4) is 0 Å². The molecule has 0 aliphatic rings. The van der Waals surface area contributed by atoms with Crippen molar-refractivity contribution in [1.82, 2.24) is 0 Å². The van der Waals surface area contributed by atoms with Gasteiger partial charge in [-0.3, -0.25) is 4.79 Å². The van der Waals surface area contributed by atoms with E-state index in [4.69, 9.17) is 15.5 Å². The number of quaternary nitrogens is 2. The van der Waals surface area contributed by atoms with E-state index in [2.05, 4.69) is 0 Å².